The first-order valence-corrected chi connectivity index (χ1v) is 6.56. The average molecular weight is 264 g/mol. The van der Waals surface area contributed by atoms with Gasteiger partial charge in [0, 0.05) is 18.3 Å². The molecule has 0 aliphatic carbocycles. The number of hydrogen-bond donors (Lipinski definition) is 2. The Hall–Kier alpha value is -1.71. The van der Waals surface area contributed by atoms with E-state index in [1.165, 1.54) is 5.56 Å². The van der Waals surface area contributed by atoms with Crippen LogP contribution in [0.4, 0.5) is 10.5 Å². The molecule has 2 N–H and O–H groups in total. The second-order valence-corrected chi connectivity index (χ2v) is 5.79. The van der Waals surface area contributed by atoms with E-state index in [9.17, 15) is 4.79 Å². The van der Waals surface area contributed by atoms with Crippen molar-refractivity contribution in [2.45, 2.75) is 46.3 Å². The third kappa shape index (κ3) is 6.70. The Bertz CT molecular complexity index is 407. The van der Waals surface area contributed by atoms with E-state index in [1.54, 1.807) is 0 Å². The summed E-state index contributed by atoms with van der Waals surface area (Å²) in [4.78, 5) is 11.5. The molecule has 4 nitrogen and oxygen atoms in total. The van der Waals surface area contributed by atoms with E-state index in [0.29, 0.717) is 6.54 Å². The predicted molar refractivity (Wildman–Crippen MR) is 78.5 cm³/mol. The van der Waals surface area contributed by atoms with E-state index in [1.807, 2.05) is 39.8 Å². The molecule has 1 unspecified atom stereocenters. The van der Waals surface area contributed by atoms with Crippen molar-refractivity contribution in [1.29, 1.82) is 0 Å². The Labute approximate surface area is 115 Å². The Morgan fingerprint density at radius 2 is 1.84 bits per heavy atom. The molecule has 0 aromatic heterocycles. The Kier molecular flexibility index (Phi) is 5.21. The minimum Gasteiger partial charge on any atom is -0.444 e. The maximum absolute atomic E-state index is 11.5. The van der Waals surface area contributed by atoms with Gasteiger partial charge in [0.05, 0.1) is 0 Å². The van der Waals surface area contributed by atoms with Gasteiger partial charge in [0.15, 0.2) is 0 Å². The second-order valence-electron chi connectivity index (χ2n) is 5.79. The number of hydrogen-bond acceptors (Lipinski definition) is 3. The van der Waals surface area contributed by atoms with Gasteiger partial charge in [-0.2, -0.15) is 0 Å². The summed E-state index contributed by atoms with van der Waals surface area (Å²) in [6.45, 7) is 10.1. The molecule has 1 atom stereocenters. The van der Waals surface area contributed by atoms with Crippen molar-refractivity contribution < 1.29 is 9.53 Å². The van der Waals surface area contributed by atoms with Gasteiger partial charge in [-0.1, -0.05) is 17.7 Å². The molecule has 0 fully saturated rings. The number of rotatable bonds is 4. The number of alkyl carbamates (subject to hydrolysis) is 1. The van der Waals surface area contributed by atoms with Crippen molar-refractivity contribution in [3.8, 4) is 0 Å². The van der Waals surface area contributed by atoms with E-state index in [2.05, 4.69) is 29.7 Å². The molecular formula is C15H24N2O2. The largest absolute Gasteiger partial charge is 0.444 e. The van der Waals surface area contributed by atoms with Crippen molar-refractivity contribution in [3.05, 3.63) is 29.8 Å². The van der Waals surface area contributed by atoms with Crippen molar-refractivity contribution in [2.24, 2.45) is 0 Å². The summed E-state index contributed by atoms with van der Waals surface area (Å²) in [7, 11) is 0. The fourth-order valence-corrected chi connectivity index (χ4v) is 1.54. The van der Waals surface area contributed by atoms with Crippen LogP contribution in [0, 0.1) is 6.92 Å². The number of benzene rings is 1. The molecule has 0 radical (unpaired) electrons. The van der Waals surface area contributed by atoms with Crippen molar-refractivity contribution in [3.63, 3.8) is 0 Å². The fourth-order valence-electron chi connectivity index (χ4n) is 1.54. The van der Waals surface area contributed by atoms with Crippen LogP contribution in [0.5, 0.6) is 0 Å². The molecule has 0 aliphatic rings. The van der Waals surface area contributed by atoms with Gasteiger partial charge in [0.25, 0.3) is 0 Å². The van der Waals surface area contributed by atoms with Crippen LogP contribution in [0.3, 0.4) is 0 Å². The van der Waals surface area contributed by atoms with Crippen LogP contribution in [0.1, 0.15) is 33.3 Å². The zero-order chi connectivity index (χ0) is 14.5. The third-order valence-corrected chi connectivity index (χ3v) is 2.42. The Morgan fingerprint density at radius 1 is 1.26 bits per heavy atom. The number of aryl methyl sites for hydroxylation is 1. The van der Waals surface area contributed by atoms with Gasteiger partial charge >= 0.3 is 6.09 Å². The lowest BCUT2D eigenvalue weighted by molar-refractivity contribution is 0.0526. The fraction of sp³-hybridized carbons (Fsp3) is 0.533. The molecule has 1 aromatic rings. The molecule has 0 heterocycles. The van der Waals surface area contributed by atoms with Gasteiger partial charge in [-0.15, -0.1) is 0 Å². The van der Waals surface area contributed by atoms with Crippen LogP contribution in [0.25, 0.3) is 0 Å². The smallest absolute Gasteiger partial charge is 0.407 e. The summed E-state index contributed by atoms with van der Waals surface area (Å²) in [5.41, 5.74) is 1.81. The lowest BCUT2D eigenvalue weighted by Crippen LogP contribution is -2.38. The first-order chi connectivity index (χ1) is 8.76. The average Bonchev–Trinajstić information content (AvgIpc) is 2.27. The van der Waals surface area contributed by atoms with E-state index >= 15 is 0 Å². The Balaban J connectivity index is 2.33. The molecule has 1 amide bonds. The van der Waals surface area contributed by atoms with Crippen molar-refractivity contribution in [2.75, 3.05) is 11.9 Å². The first kappa shape index (κ1) is 15.3. The maximum Gasteiger partial charge on any atom is 0.407 e. The zero-order valence-corrected chi connectivity index (χ0v) is 12.4. The van der Waals surface area contributed by atoms with Crippen LogP contribution < -0.4 is 10.6 Å². The number of anilines is 1. The summed E-state index contributed by atoms with van der Waals surface area (Å²) < 4.78 is 5.18. The van der Waals surface area contributed by atoms with Crippen molar-refractivity contribution >= 4 is 11.8 Å². The first-order valence-electron chi connectivity index (χ1n) is 6.56. The summed E-state index contributed by atoms with van der Waals surface area (Å²) in [6.07, 6.45) is -0.384. The number of carbonyl (C=O) groups is 1. The standard InChI is InChI=1S/C15H24N2O2/c1-11-6-8-13(9-7-11)17-12(2)10-16-14(18)19-15(3,4)5/h6-9,12,17H,10H2,1-5H3,(H,16,18). The van der Waals surface area contributed by atoms with Crippen LogP contribution in [-0.4, -0.2) is 24.3 Å². The molecule has 106 valence electrons. The zero-order valence-electron chi connectivity index (χ0n) is 12.4. The maximum atomic E-state index is 11.5. The summed E-state index contributed by atoms with van der Waals surface area (Å²) in [5.74, 6) is 0. The molecule has 0 saturated carbocycles. The van der Waals surface area contributed by atoms with E-state index < -0.39 is 5.60 Å². The lowest BCUT2D eigenvalue weighted by Gasteiger charge is -2.21. The SMILES string of the molecule is Cc1ccc(NC(C)CNC(=O)OC(C)(C)C)cc1. The third-order valence-electron chi connectivity index (χ3n) is 2.42. The number of carbonyl (C=O) groups excluding carboxylic acids is 1. The molecule has 1 aromatic carbocycles. The Morgan fingerprint density at radius 3 is 2.37 bits per heavy atom. The highest BCUT2D eigenvalue weighted by molar-refractivity contribution is 5.67. The quantitative estimate of drug-likeness (QED) is 0.877. The van der Waals surface area contributed by atoms with Gasteiger partial charge in [-0.3, -0.25) is 0 Å². The van der Waals surface area contributed by atoms with Gasteiger partial charge in [0.1, 0.15) is 5.60 Å². The minimum atomic E-state index is -0.461. The van der Waals surface area contributed by atoms with Gasteiger partial charge in [0.2, 0.25) is 0 Å². The highest BCUT2D eigenvalue weighted by Gasteiger charge is 2.16. The number of nitrogens with one attached hydrogen (secondary N) is 2. The molecule has 19 heavy (non-hydrogen) atoms. The summed E-state index contributed by atoms with van der Waals surface area (Å²) in [6, 6.07) is 8.29. The highest BCUT2D eigenvalue weighted by Crippen LogP contribution is 2.10. The highest BCUT2D eigenvalue weighted by atomic mass is 16.6. The van der Waals surface area contributed by atoms with Crippen LogP contribution in [-0.2, 0) is 4.74 Å². The van der Waals surface area contributed by atoms with Crippen LogP contribution in [0.15, 0.2) is 24.3 Å². The lowest BCUT2D eigenvalue weighted by atomic mass is 10.2. The molecule has 4 heteroatoms. The second kappa shape index (κ2) is 6.45. The van der Waals surface area contributed by atoms with Gasteiger partial charge in [-0.25, -0.2) is 4.79 Å². The van der Waals surface area contributed by atoms with E-state index in [-0.39, 0.29) is 12.1 Å². The van der Waals surface area contributed by atoms with E-state index in [0.717, 1.165) is 5.69 Å². The van der Waals surface area contributed by atoms with Crippen LogP contribution in [0.2, 0.25) is 0 Å². The molecule has 0 saturated heterocycles. The molecule has 1 rings (SSSR count). The summed E-state index contributed by atoms with van der Waals surface area (Å²) in [5, 5.41) is 6.06. The number of ether oxygens (including phenoxy) is 1. The monoisotopic (exact) mass is 264 g/mol. The van der Waals surface area contributed by atoms with Crippen LogP contribution >= 0.6 is 0 Å². The molecule has 0 bridgehead atoms. The van der Waals surface area contributed by atoms with Gasteiger partial charge < -0.3 is 15.4 Å². The molecular weight excluding hydrogens is 240 g/mol. The van der Waals surface area contributed by atoms with E-state index in [4.69, 9.17) is 4.74 Å². The molecule has 0 spiro atoms. The predicted octanol–water partition coefficient (Wildman–Crippen LogP) is 3.32. The molecule has 0 aliphatic heterocycles. The normalized spacial score (nSPS) is 12.7. The number of amides is 1. The summed E-state index contributed by atoms with van der Waals surface area (Å²) >= 11 is 0. The minimum absolute atomic E-state index is 0.134. The van der Waals surface area contributed by atoms with Gasteiger partial charge in [-0.05, 0) is 46.8 Å². The topological polar surface area (TPSA) is 50.4 Å². The van der Waals surface area contributed by atoms with Crippen molar-refractivity contribution in [1.82, 2.24) is 5.32 Å².